The molecular formula is C26H26N2O4S. The molecule has 33 heavy (non-hydrogen) atoms. The number of ether oxygens (including phenoxy) is 1. The minimum atomic E-state index is -1.07. The van der Waals surface area contributed by atoms with E-state index in [9.17, 15) is 14.7 Å². The molecule has 0 bridgehead atoms. The minimum Gasteiger partial charge on any atom is -0.480 e. The van der Waals surface area contributed by atoms with E-state index in [2.05, 4.69) is 22.4 Å². The second-order valence-corrected chi connectivity index (χ2v) is 9.07. The number of benzene rings is 2. The van der Waals surface area contributed by atoms with Gasteiger partial charge in [0.15, 0.2) is 0 Å². The zero-order valence-corrected chi connectivity index (χ0v) is 19.2. The highest BCUT2D eigenvalue weighted by Gasteiger charge is 2.29. The standard InChI is InChI=1S/C26H26N2O4S/c1-17-7-6-13-27-24(17)16-33-14-12-23(25(29)30)28-26(31)32-15-22-20-10-4-2-8-18(20)19-9-3-5-11-21(19)22/h2-11,13,22-23H,12,14-16H2,1H3,(H,28,31)(H,29,30). The Bertz CT molecular complexity index is 1100. The average molecular weight is 463 g/mol. The van der Waals surface area contributed by atoms with E-state index in [4.69, 9.17) is 4.74 Å². The Kier molecular flexibility index (Phi) is 7.29. The molecule has 1 aromatic heterocycles. The highest BCUT2D eigenvalue weighted by Crippen LogP contribution is 2.44. The number of aromatic nitrogens is 1. The molecule has 1 heterocycles. The first-order valence-electron chi connectivity index (χ1n) is 10.9. The third-order valence-electron chi connectivity index (χ3n) is 5.84. The summed E-state index contributed by atoms with van der Waals surface area (Å²) >= 11 is 1.59. The summed E-state index contributed by atoms with van der Waals surface area (Å²) in [5.41, 5.74) is 6.61. The summed E-state index contributed by atoms with van der Waals surface area (Å²) in [4.78, 5) is 28.4. The number of carboxylic acid groups (broad SMARTS) is 1. The lowest BCUT2D eigenvalue weighted by atomic mass is 9.98. The molecule has 2 aromatic carbocycles. The summed E-state index contributed by atoms with van der Waals surface area (Å²) < 4.78 is 5.48. The Labute approximate surface area is 197 Å². The van der Waals surface area contributed by atoms with Crippen LogP contribution in [0.4, 0.5) is 4.79 Å². The van der Waals surface area contributed by atoms with E-state index in [1.54, 1.807) is 18.0 Å². The molecular weight excluding hydrogens is 436 g/mol. The smallest absolute Gasteiger partial charge is 0.407 e. The van der Waals surface area contributed by atoms with Crippen LogP contribution in [0.25, 0.3) is 11.1 Å². The zero-order valence-electron chi connectivity index (χ0n) is 18.4. The van der Waals surface area contributed by atoms with Gasteiger partial charge < -0.3 is 15.2 Å². The molecule has 1 unspecified atom stereocenters. The van der Waals surface area contributed by atoms with E-state index >= 15 is 0 Å². The van der Waals surface area contributed by atoms with Gasteiger partial charge in [-0.3, -0.25) is 4.98 Å². The van der Waals surface area contributed by atoms with Crippen molar-refractivity contribution in [2.45, 2.75) is 31.1 Å². The number of amides is 1. The largest absolute Gasteiger partial charge is 0.480 e. The fourth-order valence-corrected chi connectivity index (χ4v) is 5.12. The van der Waals surface area contributed by atoms with Gasteiger partial charge in [0, 0.05) is 17.9 Å². The van der Waals surface area contributed by atoms with Crippen molar-refractivity contribution >= 4 is 23.8 Å². The number of aryl methyl sites for hydroxylation is 1. The molecule has 1 amide bonds. The molecule has 0 fully saturated rings. The van der Waals surface area contributed by atoms with Gasteiger partial charge in [-0.25, -0.2) is 9.59 Å². The van der Waals surface area contributed by atoms with Crippen molar-refractivity contribution in [3.63, 3.8) is 0 Å². The first-order chi connectivity index (χ1) is 16.0. The van der Waals surface area contributed by atoms with E-state index < -0.39 is 18.1 Å². The number of thioether (sulfide) groups is 1. The molecule has 6 nitrogen and oxygen atoms in total. The van der Waals surface area contributed by atoms with Crippen LogP contribution in [-0.2, 0) is 15.3 Å². The van der Waals surface area contributed by atoms with Crippen LogP contribution in [-0.4, -0.2) is 40.6 Å². The molecule has 1 aliphatic carbocycles. The van der Waals surface area contributed by atoms with Gasteiger partial charge in [-0.05, 0) is 53.0 Å². The summed E-state index contributed by atoms with van der Waals surface area (Å²) in [6.45, 7) is 2.15. The molecule has 170 valence electrons. The lowest BCUT2D eigenvalue weighted by Crippen LogP contribution is -2.41. The predicted octanol–water partition coefficient (Wildman–Crippen LogP) is 5.01. The van der Waals surface area contributed by atoms with Crippen LogP contribution < -0.4 is 5.32 Å². The first kappa shape index (κ1) is 22.9. The number of fused-ring (bicyclic) bond motifs is 3. The monoisotopic (exact) mass is 462 g/mol. The van der Waals surface area contributed by atoms with Crippen molar-refractivity contribution in [3.05, 3.63) is 89.2 Å². The summed E-state index contributed by atoms with van der Waals surface area (Å²) in [6.07, 6.45) is 1.34. The average Bonchev–Trinajstić information content (AvgIpc) is 3.14. The Morgan fingerprint density at radius 3 is 2.36 bits per heavy atom. The summed E-state index contributed by atoms with van der Waals surface area (Å²) in [6, 6.07) is 19.1. The number of aliphatic carboxylic acids is 1. The van der Waals surface area contributed by atoms with Gasteiger partial charge in [0.05, 0.1) is 5.69 Å². The van der Waals surface area contributed by atoms with Crippen molar-refractivity contribution in [2.24, 2.45) is 0 Å². The molecule has 0 spiro atoms. The van der Waals surface area contributed by atoms with E-state index in [1.165, 1.54) is 0 Å². The molecule has 3 aromatic rings. The molecule has 0 aliphatic heterocycles. The highest BCUT2D eigenvalue weighted by atomic mass is 32.2. The summed E-state index contributed by atoms with van der Waals surface area (Å²) in [5, 5.41) is 12.0. The highest BCUT2D eigenvalue weighted by molar-refractivity contribution is 7.98. The number of carboxylic acids is 1. The number of carbonyl (C=O) groups is 2. The van der Waals surface area contributed by atoms with Crippen molar-refractivity contribution < 1.29 is 19.4 Å². The Morgan fingerprint density at radius 1 is 1.06 bits per heavy atom. The summed E-state index contributed by atoms with van der Waals surface area (Å²) in [7, 11) is 0. The number of nitrogens with zero attached hydrogens (tertiary/aromatic N) is 1. The molecule has 0 radical (unpaired) electrons. The van der Waals surface area contributed by atoms with Gasteiger partial charge in [0.2, 0.25) is 0 Å². The van der Waals surface area contributed by atoms with Crippen LogP contribution in [0.1, 0.15) is 34.7 Å². The lowest BCUT2D eigenvalue weighted by Gasteiger charge is -2.17. The van der Waals surface area contributed by atoms with Crippen LogP contribution in [0.2, 0.25) is 0 Å². The van der Waals surface area contributed by atoms with Gasteiger partial charge >= 0.3 is 12.1 Å². The zero-order chi connectivity index (χ0) is 23.2. The maximum absolute atomic E-state index is 12.4. The fourth-order valence-electron chi connectivity index (χ4n) is 4.08. The van der Waals surface area contributed by atoms with Crippen molar-refractivity contribution in [2.75, 3.05) is 12.4 Å². The topological polar surface area (TPSA) is 88.5 Å². The van der Waals surface area contributed by atoms with E-state index in [0.29, 0.717) is 17.9 Å². The number of nitrogens with one attached hydrogen (secondary N) is 1. The molecule has 4 rings (SSSR count). The predicted molar refractivity (Wildman–Crippen MR) is 129 cm³/mol. The second kappa shape index (κ2) is 10.5. The fraction of sp³-hybridized carbons (Fsp3) is 0.269. The maximum atomic E-state index is 12.4. The molecule has 7 heteroatoms. The maximum Gasteiger partial charge on any atom is 0.407 e. The molecule has 1 aliphatic rings. The van der Waals surface area contributed by atoms with E-state index in [-0.39, 0.29) is 12.5 Å². The third-order valence-corrected chi connectivity index (χ3v) is 6.84. The van der Waals surface area contributed by atoms with Crippen LogP contribution >= 0.6 is 11.8 Å². The van der Waals surface area contributed by atoms with Gasteiger partial charge in [-0.2, -0.15) is 11.8 Å². The van der Waals surface area contributed by atoms with Crippen LogP contribution in [0.15, 0.2) is 66.9 Å². The Hall–Kier alpha value is -3.32. The van der Waals surface area contributed by atoms with Gasteiger partial charge in [0.1, 0.15) is 12.6 Å². The van der Waals surface area contributed by atoms with Crippen LogP contribution in [0.5, 0.6) is 0 Å². The number of carbonyl (C=O) groups excluding carboxylic acids is 1. The first-order valence-corrected chi connectivity index (χ1v) is 12.0. The molecule has 2 N–H and O–H groups in total. The normalized spacial score (nSPS) is 13.1. The molecule has 1 atom stereocenters. The lowest BCUT2D eigenvalue weighted by molar-refractivity contribution is -0.139. The quantitative estimate of drug-likeness (QED) is 0.435. The number of hydrogen-bond donors (Lipinski definition) is 2. The third kappa shape index (κ3) is 5.37. The SMILES string of the molecule is Cc1cccnc1CSCCC(NC(=O)OCC1c2ccccc2-c2ccccc21)C(=O)O. The Balaban J connectivity index is 1.30. The number of rotatable bonds is 9. The Morgan fingerprint density at radius 2 is 1.73 bits per heavy atom. The van der Waals surface area contributed by atoms with Crippen molar-refractivity contribution in [1.82, 2.24) is 10.3 Å². The van der Waals surface area contributed by atoms with E-state index in [0.717, 1.165) is 33.5 Å². The van der Waals surface area contributed by atoms with Crippen molar-refractivity contribution in [3.8, 4) is 11.1 Å². The number of pyridine rings is 1. The minimum absolute atomic E-state index is 0.0661. The van der Waals surface area contributed by atoms with Crippen LogP contribution in [0.3, 0.4) is 0 Å². The van der Waals surface area contributed by atoms with Gasteiger partial charge in [0.25, 0.3) is 0 Å². The van der Waals surface area contributed by atoms with Crippen LogP contribution in [0, 0.1) is 6.92 Å². The van der Waals surface area contributed by atoms with E-state index in [1.807, 2.05) is 55.5 Å². The van der Waals surface area contributed by atoms with Gasteiger partial charge in [-0.15, -0.1) is 0 Å². The summed E-state index contributed by atoms with van der Waals surface area (Å²) in [5.74, 6) is 0.141. The molecule has 0 saturated heterocycles. The van der Waals surface area contributed by atoms with Gasteiger partial charge in [-0.1, -0.05) is 54.6 Å². The second-order valence-electron chi connectivity index (χ2n) is 7.97. The molecule has 0 saturated carbocycles. The van der Waals surface area contributed by atoms with Crippen molar-refractivity contribution in [1.29, 1.82) is 0 Å². The number of alkyl carbamates (subject to hydrolysis) is 1. The number of hydrogen-bond acceptors (Lipinski definition) is 5.